The Morgan fingerprint density at radius 1 is 1.32 bits per heavy atom. The third-order valence-electron chi connectivity index (χ3n) is 4.30. The van der Waals surface area contributed by atoms with Crippen molar-refractivity contribution >= 4 is 33.4 Å². The maximum Gasteiger partial charge on any atom is 0.348 e. The molecule has 3 rings (SSSR count). The van der Waals surface area contributed by atoms with Crippen molar-refractivity contribution in [2.45, 2.75) is 33.9 Å². The number of ether oxygens (including phenoxy) is 1. The Morgan fingerprint density at radius 2 is 2.07 bits per heavy atom. The van der Waals surface area contributed by atoms with Crippen LogP contribution in [0.1, 0.15) is 33.7 Å². The molecule has 3 aromatic heterocycles. The Hall–Kier alpha value is -2.94. The predicted molar refractivity (Wildman–Crippen MR) is 104 cm³/mol. The van der Waals surface area contributed by atoms with Gasteiger partial charge >= 0.3 is 5.97 Å². The number of thiophene rings is 1. The summed E-state index contributed by atoms with van der Waals surface area (Å²) in [7, 11) is 1.64. The van der Waals surface area contributed by atoms with Crippen LogP contribution in [-0.4, -0.2) is 40.0 Å². The lowest BCUT2D eigenvalue weighted by atomic mass is 10.2. The molecule has 0 spiro atoms. The van der Waals surface area contributed by atoms with Crippen molar-refractivity contribution in [3.8, 4) is 0 Å². The van der Waals surface area contributed by atoms with Crippen LogP contribution in [0.25, 0.3) is 10.2 Å². The number of carbonyl (C=O) groups is 2. The van der Waals surface area contributed by atoms with Crippen LogP contribution in [0.5, 0.6) is 0 Å². The van der Waals surface area contributed by atoms with Crippen molar-refractivity contribution in [2.24, 2.45) is 0 Å². The number of nitrogens with zero attached hydrogens (tertiary/aromatic N) is 3. The van der Waals surface area contributed by atoms with Gasteiger partial charge in [-0.25, -0.2) is 9.78 Å². The van der Waals surface area contributed by atoms with Gasteiger partial charge in [-0.15, -0.1) is 11.3 Å². The first-order valence-electron chi connectivity index (χ1n) is 8.76. The molecular formula is C19H21N3O5S. The molecule has 0 aliphatic heterocycles. The highest BCUT2D eigenvalue weighted by atomic mass is 32.1. The minimum Gasteiger partial charge on any atom is -0.464 e. The fraction of sp³-hybridized carbons (Fsp3) is 0.368. The number of hydrogen-bond acceptors (Lipinski definition) is 7. The Labute approximate surface area is 165 Å². The molecule has 0 N–H and O–H groups in total. The van der Waals surface area contributed by atoms with Crippen LogP contribution in [0.15, 0.2) is 27.7 Å². The molecule has 8 nitrogen and oxygen atoms in total. The second kappa shape index (κ2) is 7.97. The lowest BCUT2D eigenvalue weighted by Crippen LogP contribution is -2.33. The van der Waals surface area contributed by atoms with Crippen molar-refractivity contribution in [2.75, 3.05) is 13.7 Å². The average molecular weight is 403 g/mol. The third-order valence-corrected chi connectivity index (χ3v) is 5.48. The summed E-state index contributed by atoms with van der Waals surface area (Å²) in [5, 5.41) is 0.340. The van der Waals surface area contributed by atoms with Gasteiger partial charge in [-0.05, 0) is 38.5 Å². The highest BCUT2D eigenvalue weighted by Crippen LogP contribution is 2.27. The van der Waals surface area contributed by atoms with E-state index in [4.69, 9.17) is 9.15 Å². The Balaban J connectivity index is 1.84. The normalized spacial score (nSPS) is 11.0. The second-order valence-electron chi connectivity index (χ2n) is 6.40. The highest BCUT2D eigenvalue weighted by Gasteiger charge is 2.21. The standard InChI is InChI=1S/C19H21N3O5S/c1-5-26-19(25)16-12(3)15-17(28-16)20-10-22(18(15)24)9-14(23)21(4)8-13-7-6-11(2)27-13/h6-7,10H,5,8-9H2,1-4H3. The van der Waals surface area contributed by atoms with Crippen LogP contribution < -0.4 is 5.56 Å². The van der Waals surface area contributed by atoms with Crippen LogP contribution in [0, 0.1) is 13.8 Å². The molecular weight excluding hydrogens is 382 g/mol. The van der Waals surface area contributed by atoms with Crippen LogP contribution in [0.4, 0.5) is 0 Å². The van der Waals surface area contributed by atoms with E-state index in [-0.39, 0.29) is 24.6 Å². The summed E-state index contributed by atoms with van der Waals surface area (Å²) in [5.41, 5.74) is 0.169. The smallest absolute Gasteiger partial charge is 0.348 e. The highest BCUT2D eigenvalue weighted by molar-refractivity contribution is 7.20. The minimum absolute atomic E-state index is 0.151. The summed E-state index contributed by atoms with van der Waals surface area (Å²) in [6.07, 6.45) is 1.33. The van der Waals surface area contributed by atoms with Gasteiger partial charge < -0.3 is 14.1 Å². The molecule has 0 saturated heterocycles. The molecule has 0 aliphatic rings. The Morgan fingerprint density at radius 3 is 2.71 bits per heavy atom. The van der Waals surface area contributed by atoms with Gasteiger partial charge in [0.25, 0.3) is 5.56 Å². The number of carbonyl (C=O) groups excluding carboxylic acids is 2. The summed E-state index contributed by atoms with van der Waals surface area (Å²) >= 11 is 1.12. The first-order chi connectivity index (χ1) is 13.3. The zero-order valence-corrected chi connectivity index (χ0v) is 17.0. The van der Waals surface area contributed by atoms with Gasteiger partial charge in [0.2, 0.25) is 5.91 Å². The number of esters is 1. The van der Waals surface area contributed by atoms with E-state index < -0.39 is 5.97 Å². The van der Waals surface area contributed by atoms with Crippen LogP contribution >= 0.6 is 11.3 Å². The molecule has 148 valence electrons. The average Bonchev–Trinajstić information content (AvgIpc) is 3.21. The van der Waals surface area contributed by atoms with E-state index in [2.05, 4.69) is 4.98 Å². The molecule has 9 heteroatoms. The third kappa shape index (κ3) is 3.84. The predicted octanol–water partition coefficient (Wildman–Crippen LogP) is 2.50. The Kier molecular flexibility index (Phi) is 5.64. The maximum atomic E-state index is 12.9. The van der Waals surface area contributed by atoms with E-state index >= 15 is 0 Å². The van der Waals surface area contributed by atoms with Crippen LogP contribution in [0.3, 0.4) is 0 Å². The number of fused-ring (bicyclic) bond motifs is 1. The molecule has 3 heterocycles. The fourth-order valence-electron chi connectivity index (χ4n) is 2.82. The second-order valence-corrected chi connectivity index (χ2v) is 7.40. The zero-order valence-electron chi connectivity index (χ0n) is 16.1. The van der Waals surface area contributed by atoms with Crippen LogP contribution in [-0.2, 0) is 22.6 Å². The molecule has 1 amide bonds. The number of rotatable bonds is 6. The molecule has 0 bridgehead atoms. The molecule has 0 atom stereocenters. The van der Waals surface area contributed by atoms with Gasteiger partial charge in [0.15, 0.2) is 0 Å². The lowest BCUT2D eigenvalue weighted by Gasteiger charge is -2.16. The minimum atomic E-state index is -0.474. The topological polar surface area (TPSA) is 94.6 Å². The molecule has 0 fully saturated rings. The maximum absolute atomic E-state index is 12.9. The van der Waals surface area contributed by atoms with Crippen molar-refractivity contribution in [1.82, 2.24) is 14.5 Å². The number of hydrogen-bond donors (Lipinski definition) is 0. The van der Waals surface area contributed by atoms with Gasteiger partial charge in [-0.3, -0.25) is 14.2 Å². The number of furan rings is 1. The zero-order chi connectivity index (χ0) is 20.4. The number of aromatic nitrogens is 2. The Bertz CT molecular complexity index is 1090. The van der Waals surface area contributed by atoms with Gasteiger partial charge in [0.05, 0.1) is 24.9 Å². The van der Waals surface area contributed by atoms with E-state index in [9.17, 15) is 14.4 Å². The van der Waals surface area contributed by atoms with Crippen LogP contribution in [0.2, 0.25) is 0 Å². The molecule has 0 radical (unpaired) electrons. The summed E-state index contributed by atoms with van der Waals surface area (Å²) in [4.78, 5) is 44.0. The lowest BCUT2D eigenvalue weighted by molar-refractivity contribution is -0.131. The monoisotopic (exact) mass is 403 g/mol. The number of amides is 1. The van der Waals surface area contributed by atoms with Gasteiger partial charge in [-0.2, -0.15) is 0 Å². The van der Waals surface area contributed by atoms with Crippen molar-refractivity contribution in [3.05, 3.63) is 50.8 Å². The summed E-state index contributed by atoms with van der Waals surface area (Å²) in [6.45, 7) is 5.65. The molecule has 28 heavy (non-hydrogen) atoms. The van der Waals surface area contributed by atoms with Crippen molar-refractivity contribution < 1.29 is 18.7 Å². The fourth-order valence-corrected chi connectivity index (χ4v) is 3.85. The quantitative estimate of drug-likeness (QED) is 0.587. The van der Waals surface area contributed by atoms with E-state index in [1.54, 1.807) is 20.9 Å². The molecule has 0 aromatic carbocycles. The SMILES string of the molecule is CCOC(=O)c1sc2ncn(CC(=O)N(C)Cc3ccc(C)o3)c(=O)c2c1C. The number of aryl methyl sites for hydroxylation is 2. The summed E-state index contributed by atoms with van der Waals surface area (Å²) < 4.78 is 11.8. The van der Waals surface area contributed by atoms with Gasteiger partial charge in [-0.1, -0.05) is 0 Å². The van der Waals surface area contributed by atoms with E-state index in [1.807, 2.05) is 19.1 Å². The first-order valence-corrected chi connectivity index (χ1v) is 9.58. The van der Waals surface area contributed by atoms with Crippen molar-refractivity contribution in [3.63, 3.8) is 0 Å². The largest absolute Gasteiger partial charge is 0.464 e. The molecule has 0 aliphatic carbocycles. The van der Waals surface area contributed by atoms with Crippen molar-refractivity contribution in [1.29, 1.82) is 0 Å². The van der Waals surface area contributed by atoms with E-state index in [1.165, 1.54) is 15.8 Å². The van der Waals surface area contributed by atoms with Gasteiger partial charge in [0.1, 0.15) is 27.8 Å². The van der Waals surface area contributed by atoms with E-state index in [0.29, 0.717) is 33.0 Å². The van der Waals surface area contributed by atoms with E-state index in [0.717, 1.165) is 17.1 Å². The molecule has 3 aromatic rings. The number of likely N-dealkylation sites (N-methyl/N-ethyl adjacent to an activating group) is 1. The van der Waals surface area contributed by atoms with Gasteiger partial charge in [0, 0.05) is 7.05 Å². The first kappa shape index (κ1) is 19.8. The molecule has 0 unspecified atom stereocenters. The molecule has 0 saturated carbocycles. The summed E-state index contributed by atoms with van der Waals surface area (Å²) in [6, 6.07) is 3.64. The summed E-state index contributed by atoms with van der Waals surface area (Å²) in [5.74, 6) is 0.711.